The van der Waals surface area contributed by atoms with E-state index < -0.39 is 59.6 Å². The molecule has 2 heterocycles. The predicted molar refractivity (Wildman–Crippen MR) is 125 cm³/mol. The SMILES string of the molecule is O=C1N=C(N[C@@H]2CC(F)(F)CC[C@H]2O)C(=CC2CCN(Cc3ccc(C(F)(F)F)cc3C(F)(F)F)CC2)S1. The summed E-state index contributed by atoms with van der Waals surface area (Å²) in [6.45, 7) is 0.545. The molecule has 0 bridgehead atoms. The van der Waals surface area contributed by atoms with Gasteiger partial charge in [0.2, 0.25) is 5.92 Å². The van der Waals surface area contributed by atoms with Crippen molar-refractivity contribution in [2.45, 2.75) is 69.1 Å². The second kappa shape index (κ2) is 10.8. The van der Waals surface area contributed by atoms with Crippen molar-refractivity contribution in [3.8, 4) is 0 Å². The van der Waals surface area contributed by atoms with Crippen molar-refractivity contribution in [2.75, 3.05) is 13.1 Å². The van der Waals surface area contributed by atoms with Gasteiger partial charge in [0.05, 0.1) is 28.2 Å². The van der Waals surface area contributed by atoms with E-state index in [-0.39, 0.29) is 36.3 Å². The van der Waals surface area contributed by atoms with Gasteiger partial charge in [-0.2, -0.15) is 31.3 Å². The van der Waals surface area contributed by atoms with Gasteiger partial charge in [-0.3, -0.25) is 9.69 Å². The fourth-order valence-electron chi connectivity index (χ4n) is 4.86. The molecule has 210 valence electrons. The van der Waals surface area contributed by atoms with Gasteiger partial charge in [0, 0.05) is 19.4 Å². The number of amidine groups is 1. The molecular formula is C24H25F8N3O2S. The van der Waals surface area contributed by atoms with Gasteiger partial charge in [-0.15, -0.1) is 0 Å². The normalized spacial score (nSPS) is 26.6. The molecule has 4 rings (SSSR count). The van der Waals surface area contributed by atoms with Crippen LogP contribution in [0.4, 0.5) is 39.9 Å². The number of amides is 1. The van der Waals surface area contributed by atoms with Crippen LogP contribution in [0, 0.1) is 5.92 Å². The van der Waals surface area contributed by atoms with Crippen molar-refractivity contribution in [3.05, 3.63) is 45.9 Å². The molecule has 1 saturated carbocycles. The number of halogens is 8. The molecule has 0 radical (unpaired) electrons. The summed E-state index contributed by atoms with van der Waals surface area (Å²) in [5.41, 5.74) is -2.93. The Labute approximate surface area is 217 Å². The van der Waals surface area contributed by atoms with Crippen molar-refractivity contribution < 1.29 is 45.0 Å². The molecule has 3 aliphatic rings. The van der Waals surface area contributed by atoms with Crippen molar-refractivity contribution in [2.24, 2.45) is 10.9 Å². The lowest BCUT2D eigenvalue weighted by Crippen LogP contribution is -2.50. The van der Waals surface area contributed by atoms with E-state index in [1.54, 1.807) is 11.0 Å². The smallest absolute Gasteiger partial charge is 0.391 e. The standard InChI is InChI=1S/C24H25F8N3O2S/c25-22(26)6-3-18(36)17(11-22)33-20-19(38-21(37)34-20)9-13-4-7-35(8-5-13)12-14-1-2-15(23(27,28)29)10-16(14)24(30,31)32/h1-2,9-10,13,17-18,36H,3-8,11-12H2,(H,33,34,37)/t17-,18-/m1/s1. The Kier molecular flexibility index (Phi) is 8.16. The van der Waals surface area contributed by atoms with Gasteiger partial charge in [0.15, 0.2) is 0 Å². The highest BCUT2D eigenvalue weighted by molar-refractivity contribution is 8.18. The number of benzene rings is 1. The molecule has 1 saturated heterocycles. The zero-order chi connectivity index (χ0) is 27.9. The Bertz CT molecular complexity index is 1110. The number of allylic oxidation sites excluding steroid dienone is 1. The van der Waals surface area contributed by atoms with Crippen LogP contribution in [0.2, 0.25) is 0 Å². The van der Waals surface area contributed by atoms with Crippen molar-refractivity contribution in [1.82, 2.24) is 10.2 Å². The molecule has 5 nitrogen and oxygen atoms in total. The molecule has 38 heavy (non-hydrogen) atoms. The molecule has 1 aliphatic carbocycles. The first-order valence-electron chi connectivity index (χ1n) is 12.0. The third-order valence-electron chi connectivity index (χ3n) is 6.90. The molecule has 0 aromatic heterocycles. The largest absolute Gasteiger partial charge is 0.416 e. The second-order valence-corrected chi connectivity index (χ2v) is 10.8. The lowest BCUT2D eigenvalue weighted by Gasteiger charge is -2.34. The number of alkyl halides is 8. The lowest BCUT2D eigenvalue weighted by molar-refractivity contribution is -0.143. The fourth-order valence-corrected chi connectivity index (χ4v) is 5.64. The van der Waals surface area contributed by atoms with Gasteiger partial charge >= 0.3 is 17.6 Å². The number of carbonyl (C=O) groups excluding carboxylic acids is 1. The molecule has 2 N–H and O–H groups in total. The number of hydrogen-bond donors (Lipinski definition) is 2. The number of nitrogens with zero attached hydrogens (tertiary/aromatic N) is 2. The lowest BCUT2D eigenvalue weighted by atomic mass is 9.89. The Morgan fingerprint density at radius 2 is 1.79 bits per heavy atom. The quantitative estimate of drug-likeness (QED) is 0.420. The van der Waals surface area contributed by atoms with E-state index in [0.29, 0.717) is 36.9 Å². The number of rotatable bonds is 4. The van der Waals surface area contributed by atoms with Crippen molar-refractivity contribution in [1.29, 1.82) is 0 Å². The minimum atomic E-state index is -4.94. The van der Waals surface area contributed by atoms with E-state index in [1.165, 1.54) is 0 Å². The monoisotopic (exact) mass is 571 g/mol. The molecule has 1 aromatic rings. The van der Waals surface area contributed by atoms with Gasteiger partial charge in [0.25, 0.3) is 0 Å². The van der Waals surface area contributed by atoms with Crippen LogP contribution in [-0.2, 0) is 18.9 Å². The first-order valence-corrected chi connectivity index (χ1v) is 12.8. The van der Waals surface area contributed by atoms with Crippen LogP contribution in [0.5, 0.6) is 0 Å². The van der Waals surface area contributed by atoms with Gasteiger partial charge in [-0.1, -0.05) is 12.1 Å². The first kappa shape index (κ1) is 28.8. The zero-order valence-corrected chi connectivity index (χ0v) is 20.7. The van der Waals surface area contributed by atoms with Crippen molar-refractivity contribution >= 4 is 22.8 Å². The maximum Gasteiger partial charge on any atom is 0.416 e. The number of thioether (sulfide) groups is 1. The van der Waals surface area contributed by atoms with Crippen LogP contribution < -0.4 is 5.32 Å². The fraction of sp³-hybridized carbons (Fsp3) is 0.583. The van der Waals surface area contributed by atoms with E-state index in [9.17, 15) is 45.0 Å². The average Bonchev–Trinajstić information content (AvgIpc) is 3.14. The van der Waals surface area contributed by atoms with Crippen LogP contribution >= 0.6 is 11.8 Å². The van der Waals surface area contributed by atoms with Gasteiger partial charge in [-0.25, -0.2) is 8.78 Å². The molecule has 2 fully saturated rings. The average molecular weight is 572 g/mol. The van der Waals surface area contributed by atoms with Crippen LogP contribution in [0.15, 0.2) is 34.2 Å². The summed E-state index contributed by atoms with van der Waals surface area (Å²) in [4.78, 5) is 17.9. The number of aliphatic imine (C=N–C) groups is 1. The number of hydrogen-bond acceptors (Lipinski definition) is 5. The summed E-state index contributed by atoms with van der Waals surface area (Å²) < 4.78 is 107. The maximum absolute atomic E-state index is 13.8. The number of aliphatic hydroxyl groups is 1. The Hall–Kier alpha value is -2.19. The minimum Gasteiger partial charge on any atom is -0.391 e. The number of aliphatic hydroxyl groups excluding tert-OH is 1. The topological polar surface area (TPSA) is 64.9 Å². The predicted octanol–water partition coefficient (Wildman–Crippen LogP) is 6.22. The molecule has 2 atom stereocenters. The minimum absolute atomic E-state index is 0.0842. The Morgan fingerprint density at radius 1 is 1.11 bits per heavy atom. The second-order valence-electron chi connectivity index (χ2n) is 9.76. The molecule has 14 heteroatoms. The Balaban J connectivity index is 1.39. The van der Waals surface area contributed by atoms with Crippen LogP contribution in [0.25, 0.3) is 0 Å². The summed E-state index contributed by atoms with van der Waals surface area (Å²) >= 11 is 0.825. The highest BCUT2D eigenvalue weighted by Gasteiger charge is 2.42. The van der Waals surface area contributed by atoms with E-state index in [4.69, 9.17) is 0 Å². The third-order valence-corrected chi connectivity index (χ3v) is 7.72. The number of carbonyl (C=O) groups is 1. The summed E-state index contributed by atoms with van der Waals surface area (Å²) in [5.74, 6) is -2.91. The van der Waals surface area contributed by atoms with Crippen LogP contribution in [-0.4, -0.2) is 52.2 Å². The zero-order valence-electron chi connectivity index (χ0n) is 19.9. The van der Waals surface area contributed by atoms with E-state index in [2.05, 4.69) is 10.3 Å². The number of nitrogens with one attached hydrogen (secondary N) is 1. The number of piperidine rings is 1. The summed E-state index contributed by atoms with van der Waals surface area (Å²) in [6, 6.07) is 0.662. The molecule has 2 aliphatic heterocycles. The summed E-state index contributed by atoms with van der Waals surface area (Å²) in [6.07, 6.45) is -9.20. The maximum atomic E-state index is 13.8. The Morgan fingerprint density at radius 3 is 2.42 bits per heavy atom. The van der Waals surface area contributed by atoms with Crippen LogP contribution in [0.3, 0.4) is 0 Å². The van der Waals surface area contributed by atoms with Crippen molar-refractivity contribution in [3.63, 3.8) is 0 Å². The third kappa shape index (κ3) is 7.06. The summed E-state index contributed by atoms with van der Waals surface area (Å²) in [5, 5.41) is 12.4. The molecule has 0 spiro atoms. The first-order chi connectivity index (χ1) is 17.6. The highest BCUT2D eigenvalue weighted by Crippen LogP contribution is 2.39. The van der Waals surface area contributed by atoms with E-state index >= 15 is 0 Å². The van der Waals surface area contributed by atoms with Gasteiger partial charge in [-0.05, 0) is 67.7 Å². The molecule has 1 aromatic carbocycles. The molecule has 0 unspecified atom stereocenters. The van der Waals surface area contributed by atoms with E-state index in [0.717, 1.165) is 17.8 Å². The van der Waals surface area contributed by atoms with Gasteiger partial charge in [0.1, 0.15) is 5.84 Å². The number of likely N-dealkylation sites (tertiary alicyclic amines) is 1. The van der Waals surface area contributed by atoms with E-state index in [1.807, 2.05) is 0 Å². The molecular weight excluding hydrogens is 546 g/mol. The highest BCUT2D eigenvalue weighted by atomic mass is 32.2. The van der Waals surface area contributed by atoms with Gasteiger partial charge < -0.3 is 10.4 Å². The summed E-state index contributed by atoms with van der Waals surface area (Å²) in [7, 11) is 0. The molecule has 1 amide bonds. The van der Waals surface area contributed by atoms with Crippen LogP contribution in [0.1, 0.15) is 48.8 Å².